The number of aromatic nitrogens is 4. The van der Waals surface area contributed by atoms with E-state index in [-0.39, 0.29) is 47.3 Å². The number of benzene rings is 1. The van der Waals surface area contributed by atoms with Gasteiger partial charge in [-0.3, -0.25) is 9.59 Å². The van der Waals surface area contributed by atoms with Crippen LogP contribution in [0.2, 0.25) is 0 Å². The van der Waals surface area contributed by atoms with Gasteiger partial charge in [0.1, 0.15) is 6.54 Å². The monoisotopic (exact) mass is 557 g/mol. The molecule has 0 bridgehead atoms. The molecular formula is C27H30F3N7O3. The molecular weight excluding hydrogens is 527 g/mol. The highest BCUT2D eigenvalue weighted by atomic mass is 19.4. The second-order valence-corrected chi connectivity index (χ2v) is 10.8. The minimum atomic E-state index is -4.50. The van der Waals surface area contributed by atoms with E-state index < -0.39 is 12.7 Å². The molecule has 0 aliphatic carbocycles. The average molecular weight is 558 g/mol. The van der Waals surface area contributed by atoms with Gasteiger partial charge in [-0.2, -0.15) is 18.2 Å². The molecule has 0 unspecified atom stereocenters. The van der Waals surface area contributed by atoms with Crippen LogP contribution in [-0.4, -0.2) is 49.9 Å². The van der Waals surface area contributed by atoms with Gasteiger partial charge in [-0.25, -0.2) is 0 Å². The maximum Gasteiger partial charge on any atom is 0.406 e. The fourth-order valence-electron chi connectivity index (χ4n) is 4.66. The Bertz CT molecular complexity index is 1530. The largest absolute Gasteiger partial charge is 0.406 e. The Balaban J connectivity index is 1.39. The second kappa shape index (κ2) is 10.4. The molecule has 0 spiro atoms. The van der Waals surface area contributed by atoms with Crippen molar-refractivity contribution in [3.05, 3.63) is 54.2 Å². The van der Waals surface area contributed by atoms with Crippen molar-refractivity contribution in [1.29, 1.82) is 0 Å². The van der Waals surface area contributed by atoms with E-state index in [4.69, 9.17) is 4.52 Å². The van der Waals surface area contributed by atoms with Crippen molar-refractivity contribution in [2.75, 3.05) is 11.9 Å². The van der Waals surface area contributed by atoms with Gasteiger partial charge in [0.2, 0.25) is 17.6 Å². The van der Waals surface area contributed by atoms with E-state index in [1.807, 2.05) is 31.5 Å². The Morgan fingerprint density at radius 1 is 1.23 bits per heavy atom. The minimum absolute atomic E-state index is 0.0257. The number of amides is 2. The number of nitrogens with zero attached hydrogens (tertiary/aromatic N) is 4. The van der Waals surface area contributed by atoms with Crippen LogP contribution in [0.15, 0.2) is 47.2 Å². The van der Waals surface area contributed by atoms with Crippen molar-refractivity contribution in [2.24, 2.45) is 0 Å². The summed E-state index contributed by atoms with van der Waals surface area (Å²) in [5.41, 5.74) is 1.38. The minimum Gasteiger partial charge on any atom is -0.380 e. The Morgan fingerprint density at radius 3 is 2.70 bits per heavy atom. The number of anilines is 1. The molecule has 2 amide bonds. The summed E-state index contributed by atoms with van der Waals surface area (Å²) in [6.07, 6.45) is 0.0309. The number of fused-ring (bicyclic) bond motifs is 1. The highest BCUT2D eigenvalue weighted by molar-refractivity contribution is 5.96. The number of hydrogen-bond donors (Lipinski definition) is 3. The van der Waals surface area contributed by atoms with Crippen LogP contribution in [0.5, 0.6) is 0 Å². The SMILES string of the molecule is CC(C)(C)n1ccc(C(=O)NCc2nc(-c3cc4c(N[C@H]5CCC(=O)NC5)cccc4n3CC(F)(F)F)no2)c1. The number of nitrogens with one attached hydrogen (secondary N) is 3. The zero-order chi connectivity index (χ0) is 28.7. The van der Waals surface area contributed by atoms with Crippen molar-refractivity contribution in [3.63, 3.8) is 0 Å². The van der Waals surface area contributed by atoms with Crippen LogP contribution < -0.4 is 16.0 Å². The molecule has 5 rings (SSSR count). The molecule has 0 radical (unpaired) electrons. The second-order valence-electron chi connectivity index (χ2n) is 10.8. The molecule has 1 saturated heterocycles. The lowest BCUT2D eigenvalue weighted by Gasteiger charge is -2.24. The van der Waals surface area contributed by atoms with Gasteiger partial charge in [-0.1, -0.05) is 11.2 Å². The van der Waals surface area contributed by atoms with E-state index in [2.05, 4.69) is 26.1 Å². The summed E-state index contributed by atoms with van der Waals surface area (Å²) in [7, 11) is 0. The number of carbonyl (C=O) groups excluding carboxylic acids is 2. The molecule has 1 aliphatic rings. The number of carbonyl (C=O) groups is 2. The molecule has 10 nitrogen and oxygen atoms in total. The third-order valence-corrected chi connectivity index (χ3v) is 6.74. The summed E-state index contributed by atoms with van der Waals surface area (Å²) in [5.74, 6) is -0.343. The van der Waals surface area contributed by atoms with E-state index in [1.54, 1.807) is 36.5 Å². The Labute approximate surface area is 227 Å². The van der Waals surface area contributed by atoms with Crippen LogP contribution in [0.4, 0.5) is 18.9 Å². The van der Waals surface area contributed by atoms with Crippen molar-refractivity contribution in [3.8, 4) is 11.5 Å². The van der Waals surface area contributed by atoms with Crippen LogP contribution >= 0.6 is 0 Å². The smallest absolute Gasteiger partial charge is 0.380 e. The molecule has 212 valence electrons. The zero-order valence-electron chi connectivity index (χ0n) is 22.3. The van der Waals surface area contributed by atoms with E-state index in [1.165, 1.54) is 0 Å². The molecule has 4 heterocycles. The number of hydrogen-bond acceptors (Lipinski definition) is 6. The van der Waals surface area contributed by atoms with Gasteiger partial charge in [0.05, 0.1) is 23.3 Å². The third-order valence-electron chi connectivity index (χ3n) is 6.74. The quantitative estimate of drug-likeness (QED) is 0.309. The average Bonchev–Trinajstić information content (AvgIpc) is 3.62. The molecule has 4 aromatic rings. The summed E-state index contributed by atoms with van der Waals surface area (Å²) in [5, 5.41) is 13.3. The standard InChI is InChI=1S/C27H30F3N7O3/c1-26(2,3)36-10-9-16(14-36)25(39)32-13-23-34-24(35-40-23)21-11-18-19(33-17-7-8-22(38)31-12-17)5-4-6-20(18)37(21)15-27(28,29)30/h4-6,9-11,14,17,33H,7-8,12-13,15H2,1-3H3,(H,31,38)(H,32,39)/t17-/m0/s1. The fraction of sp³-hybridized carbons (Fsp3) is 0.407. The molecule has 1 aromatic carbocycles. The summed E-state index contributed by atoms with van der Waals surface area (Å²) in [4.78, 5) is 28.4. The highest BCUT2D eigenvalue weighted by Gasteiger charge is 2.31. The first kappa shape index (κ1) is 27.3. The number of halogens is 3. The molecule has 1 atom stereocenters. The first-order valence-corrected chi connectivity index (χ1v) is 12.9. The lowest BCUT2D eigenvalue weighted by Crippen LogP contribution is -2.41. The summed E-state index contributed by atoms with van der Waals surface area (Å²) in [6, 6.07) is 8.29. The molecule has 13 heteroatoms. The third kappa shape index (κ3) is 5.97. The molecule has 3 aromatic heterocycles. The normalized spacial score (nSPS) is 16.2. The van der Waals surface area contributed by atoms with Crippen molar-refractivity contribution in [2.45, 2.75) is 64.5 Å². The maximum atomic E-state index is 13.6. The molecule has 0 saturated carbocycles. The van der Waals surface area contributed by atoms with Crippen LogP contribution in [0.25, 0.3) is 22.4 Å². The number of piperidine rings is 1. The van der Waals surface area contributed by atoms with E-state index in [9.17, 15) is 22.8 Å². The topological polar surface area (TPSA) is 119 Å². The van der Waals surface area contributed by atoms with Gasteiger partial charge in [0, 0.05) is 48.0 Å². The molecule has 40 heavy (non-hydrogen) atoms. The van der Waals surface area contributed by atoms with Gasteiger partial charge in [0.15, 0.2) is 0 Å². The van der Waals surface area contributed by atoms with Gasteiger partial charge in [-0.05, 0) is 51.5 Å². The zero-order valence-corrected chi connectivity index (χ0v) is 22.3. The number of alkyl halides is 3. The predicted molar refractivity (Wildman–Crippen MR) is 142 cm³/mol. The van der Waals surface area contributed by atoms with E-state index in [0.29, 0.717) is 41.5 Å². The summed E-state index contributed by atoms with van der Waals surface area (Å²) in [6.45, 7) is 5.13. The van der Waals surface area contributed by atoms with Gasteiger partial charge >= 0.3 is 6.18 Å². The van der Waals surface area contributed by atoms with E-state index >= 15 is 0 Å². The molecule has 3 N–H and O–H groups in total. The van der Waals surface area contributed by atoms with Gasteiger partial charge in [-0.15, -0.1) is 0 Å². The molecule has 1 aliphatic heterocycles. The van der Waals surface area contributed by atoms with Crippen LogP contribution in [0.3, 0.4) is 0 Å². The van der Waals surface area contributed by atoms with Crippen molar-refractivity contribution >= 4 is 28.4 Å². The van der Waals surface area contributed by atoms with Crippen LogP contribution in [0, 0.1) is 0 Å². The predicted octanol–water partition coefficient (Wildman–Crippen LogP) is 4.43. The van der Waals surface area contributed by atoms with Crippen LogP contribution in [-0.2, 0) is 23.4 Å². The Morgan fingerprint density at radius 2 is 2.02 bits per heavy atom. The lowest BCUT2D eigenvalue weighted by atomic mass is 10.1. The first-order chi connectivity index (χ1) is 18.9. The lowest BCUT2D eigenvalue weighted by molar-refractivity contribution is -0.139. The Kier molecular flexibility index (Phi) is 7.06. The van der Waals surface area contributed by atoms with E-state index in [0.717, 1.165) is 4.57 Å². The summed E-state index contributed by atoms with van der Waals surface area (Å²) >= 11 is 0. The highest BCUT2D eigenvalue weighted by Crippen LogP contribution is 2.34. The van der Waals surface area contributed by atoms with Crippen molar-refractivity contribution in [1.82, 2.24) is 29.9 Å². The first-order valence-electron chi connectivity index (χ1n) is 12.9. The Hall–Kier alpha value is -4.29. The maximum absolute atomic E-state index is 13.6. The fourth-order valence-corrected chi connectivity index (χ4v) is 4.66. The van der Waals surface area contributed by atoms with Gasteiger partial charge < -0.3 is 29.6 Å². The summed E-state index contributed by atoms with van der Waals surface area (Å²) < 4.78 is 49.1. The van der Waals surface area contributed by atoms with Crippen molar-refractivity contribution < 1.29 is 27.3 Å². The van der Waals surface area contributed by atoms with Gasteiger partial charge in [0.25, 0.3) is 5.91 Å². The number of rotatable bonds is 7. The molecule has 1 fully saturated rings. The van der Waals surface area contributed by atoms with Crippen LogP contribution in [0.1, 0.15) is 49.9 Å².